The van der Waals surface area contributed by atoms with E-state index in [0.717, 1.165) is 5.56 Å². The Labute approximate surface area is 192 Å². The molecule has 2 aromatic carbocycles. The number of hydrogen-bond donors (Lipinski definition) is 1. The summed E-state index contributed by atoms with van der Waals surface area (Å²) < 4.78 is 5.68. The molecule has 1 aromatic heterocycles. The minimum Gasteiger partial charge on any atom is -0.456 e. The number of anilines is 1. The first-order chi connectivity index (χ1) is 15.3. The second-order valence-corrected chi connectivity index (χ2v) is 7.69. The van der Waals surface area contributed by atoms with Crippen molar-refractivity contribution in [2.75, 3.05) is 4.90 Å². The van der Waals surface area contributed by atoms with Gasteiger partial charge in [0.1, 0.15) is 17.1 Å². The normalized spacial score (nSPS) is 15.2. The van der Waals surface area contributed by atoms with Crippen LogP contribution in [0, 0.1) is 17.0 Å². The molecule has 1 N–H and O–H groups in total. The first-order valence-corrected chi connectivity index (χ1v) is 10.1. The summed E-state index contributed by atoms with van der Waals surface area (Å²) in [5.41, 5.74) is 1.15. The van der Waals surface area contributed by atoms with E-state index in [9.17, 15) is 19.7 Å². The van der Waals surface area contributed by atoms with E-state index in [1.807, 2.05) is 19.1 Å². The zero-order chi connectivity index (χ0) is 23.0. The highest BCUT2D eigenvalue weighted by Crippen LogP contribution is 2.34. The van der Waals surface area contributed by atoms with E-state index in [2.05, 4.69) is 5.32 Å². The summed E-state index contributed by atoms with van der Waals surface area (Å²) in [7, 11) is 0. The van der Waals surface area contributed by atoms with Gasteiger partial charge >= 0.3 is 0 Å². The molecule has 2 heterocycles. The lowest BCUT2D eigenvalue weighted by Gasteiger charge is -2.29. The van der Waals surface area contributed by atoms with Crippen molar-refractivity contribution in [1.82, 2.24) is 5.32 Å². The number of thiocarbonyl (C=S) groups is 1. The molecule has 160 valence electrons. The lowest BCUT2D eigenvalue weighted by atomic mass is 10.1. The third-order valence-electron chi connectivity index (χ3n) is 4.79. The number of carbonyl (C=O) groups excluding carboxylic acids is 2. The molecule has 4 rings (SSSR count). The van der Waals surface area contributed by atoms with Crippen LogP contribution >= 0.6 is 23.8 Å². The monoisotopic (exact) mass is 467 g/mol. The number of halogens is 1. The summed E-state index contributed by atoms with van der Waals surface area (Å²) in [4.78, 5) is 37.6. The topological polar surface area (TPSA) is 106 Å². The highest BCUT2D eigenvalue weighted by Gasteiger charge is 2.35. The van der Waals surface area contributed by atoms with Gasteiger partial charge in [0.2, 0.25) is 0 Å². The van der Waals surface area contributed by atoms with E-state index in [1.54, 1.807) is 12.1 Å². The Bertz CT molecular complexity index is 1330. The molecule has 0 bridgehead atoms. The molecule has 0 spiro atoms. The SMILES string of the molecule is Cc1ccccc1N1C(=O)/C(=C/c2ccc(-c3ccc(Cl)cc3[N+](=O)[O-])o2)C(=O)NC1=S. The molecule has 0 atom stereocenters. The minimum absolute atomic E-state index is 0.0247. The third-order valence-corrected chi connectivity index (χ3v) is 5.31. The van der Waals surface area contributed by atoms with Gasteiger partial charge in [-0.05, 0) is 61.1 Å². The van der Waals surface area contributed by atoms with Crippen LogP contribution in [0.15, 0.2) is 64.6 Å². The minimum atomic E-state index is -0.666. The Morgan fingerprint density at radius 1 is 1.16 bits per heavy atom. The number of rotatable bonds is 4. The first-order valence-electron chi connectivity index (χ1n) is 9.27. The van der Waals surface area contributed by atoms with E-state index in [4.69, 9.17) is 28.2 Å². The first kappa shape index (κ1) is 21.4. The number of nitro groups is 1. The number of nitro benzene ring substituents is 1. The van der Waals surface area contributed by atoms with E-state index < -0.39 is 16.7 Å². The highest BCUT2D eigenvalue weighted by atomic mass is 35.5. The molecule has 1 aliphatic rings. The van der Waals surface area contributed by atoms with Gasteiger partial charge in [0, 0.05) is 11.1 Å². The fraction of sp³-hybridized carbons (Fsp3) is 0.0455. The number of carbonyl (C=O) groups is 2. The van der Waals surface area contributed by atoms with E-state index in [0.29, 0.717) is 5.69 Å². The van der Waals surface area contributed by atoms with Gasteiger partial charge in [0.25, 0.3) is 17.5 Å². The molecule has 0 aliphatic carbocycles. The quantitative estimate of drug-likeness (QED) is 0.197. The van der Waals surface area contributed by atoms with Crippen LogP contribution in [0.1, 0.15) is 11.3 Å². The molecule has 0 unspecified atom stereocenters. The number of nitrogens with zero attached hydrogens (tertiary/aromatic N) is 2. The summed E-state index contributed by atoms with van der Waals surface area (Å²) in [6, 6.07) is 14.3. The van der Waals surface area contributed by atoms with Gasteiger partial charge < -0.3 is 4.42 Å². The predicted molar refractivity (Wildman–Crippen MR) is 123 cm³/mol. The van der Waals surface area contributed by atoms with Crippen molar-refractivity contribution in [2.24, 2.45) is 0 Å². The van der Waals surface area contributed by atoms with Crippen LogP contribution in [0.5, 0.6) is 0 Å². The molecule has 3 aromatic rings. The lowest BCUT2D eigenvalue weighted by Crippen LogP contribution is -2.54. The van der Waals surface area contributed by atoms with Crippen LogP contribution in [0.4, 0.5) is 11.4 Å². The number of furan rings is 1. The zero-order valence-electron chi connectivity index (χ0n) is 16.5. The molecule has 10 heteroatoms. The van der Waals surface area contributed by atoms with Gasteiger partial charge in [-0.25, -0.2) is 0 Å². The van der Waals surface area contributed by atoms with Gasteiger partial charge in [0.15, 0.2) is 5.11 Å². The number of para-hydroxylation sites is 1. The maximum Gasteiger partial charge on any atom is 0.281 e. The van der Waals surface area contributed by atoms with E-state index in [1.165, 1.54) is 41.3 Å². The van der Waals surface area contributed by atoms with Gasteiger partial charge in [-0.2, -0.15) is 0 Å². The smallest absolute Gasteiger partial charge is 0.281 e. The average molecular weight is 468 g/mol. The van der Waals surface area contributed by atoms with Crippen molar-refractivity contribution < 1.29 is 18.9 Å². The Morgan fingerprint density at radius 3 is 2.62 bits per heavy atom. The van der Waals surface area contributed by atoms with E-state index in [-0.39, 0.29) is 38.5 Å². The number of nitrogens with one attached hydrogen (secondary N) is 1. The average Bonchev–Trinajstić information content (AvgIpc) is 3.20. The largest absolute Gasteiger partial charge is 0.456 e. The Hall–Kier alpha value is -3.82. The molecule has 1 saturated heterocycles. The highest BCUT2D eigenvalue weighted by molar-refractivity contribution is 7.80. The van der Waals surface area contributed by atoms with Crippen molar-refractivity contribution in [3.8, 4) is 11.3 Å². The van der Waals surface area contributed by atoms with Crippen LogP contribution in [-0.4, -0.2) is 21.9 Å². The summed E-state index contributed by atoms with van der Waals surface area (Å²) in [6.07, 6.45) is 1.27. The van der Waals surface area contributed by atoms with Crippen LogP contribution < -0.4 is 10.2 Å². The number of benzene rings is 2. The van der Waals surface area contributed by atoms with E-state index >= 15 is 0 Å². The Morgan fingerprint density at radius 2 is 1.91 bits per heavy atom. The number of hydrogen-bond acceptors (Lipinski definition) is 6. The summed E-state index contributed by atoms with van der Waals surface area (Å²) in [5, 5.41) is 14.1. The number of aryl methyl sites for hydroxylation is 1. The summed E-state index contributed by atoms with van der Waals surface area (Å²) in [6.45, 7) is 1.82. The van der Waals surface area contributed by atoms with Crippen LogP contribution in [-0.2, 0) is 9.59 Å². The maximum atomic E-state index is 13.1. The molecule has 1 fully saturated rings. The van der Waals surface area contributed by atoms with Gasteiger partial charge in [-0.3, -0.25) is 29.9 Å². The molecule has 2 amide bonds. The Kier molecular flexibility index (Phi) is 5.60. The second kappa shape index (κ2) is 8.37. The molecule has 32 heavy (non-hydrogen) atoms. The zero-order valence-corrected chi connectivity index (χ0v) is 18.1. The molecule has 0 saturated carbocycles. The second-order valence-electron chi connectivity index (χ2n) is 6.86. The van der Waals surface area contributed by atoms with Gasteiger partial charge in [-0.15, -0.1) is 0 Å². The predicted octanol–water partition coefficient (Wildman–Crippen LogP) is 4.65. The molecular formula is C22H14ClN3O5S. The van der Waals surface area contributed by atoms with Crippen molar-refractivity contribution >= 4 is 58.2 Å². The summed E-state index contributed by atoms with van der Waals surface area (Å²) in [5.74, 6) is -0.917. The fourth-order valence-electron chi connectivity index (χ4n) is 3.27. The van der Waals surface area contributed by atoms with Gasteiger partial charge in [0.05, 0.1) is 16.2 Å². The molecule has 8 nitrogen and oxygen atoms in total. The third kappa shape index (κ3) is 3.91. The van der Waals surface area contributed by atoms with Crippen LogP contribution in [0.2, 0.25) is 5.02 Å². The van der Waals surface area contributed by atoms with Crippen molar-refractivity contribution in [1.29, 1.82) is 0 Å². The molecular weight excluding hydrogens is 454 g/mol. The van der Waals surface area contributed by atoms with Crippen molar-refractivity contribution in [3.05, 3.63) is 86.6 Å². The lowest BCUT2D eigenvalue weighted by molar-refractivity contribution is -0.384. The van der Waals surface area contributed by atoms with Crippen molar-refractivity contribution in [3.63, 3.8) is 0 Å². The number of amides is 2. The fourth-order valence-corrected chi connectivity index (χ4v) is 3.71. The molecule has 0 radical (unpaired) electrons. The maximum absolute atomic E-state index is 13.1. The van der Waals surface area contributed by atoms with Crippen molar-refractivity contribution in [2.45, 2.75) is 6.92 Å². The van der Waals surface area contributed by atoms with Crippen LogP contribution in [0.3, 0.4) is 0 Å². The molecule has 1 aliphatic heterocycles. The standard InChI is InChI=1S/C22H14ClN3O5S/c1-12-4-2-3-5-17(12)25-21(28)16(20(27)24-22(25)32)11-14-7-9-19(31-14)15-8-6-13(23)10-18(15)26(29)30/h2-11H,1H3,(H,24,27,32)/b16-11+. The van der Waals surface area contributed by atoms with Gasteiger partial charge in [-0.1, -0.05) is 29.8 Å². The summed E-state index contributed by atoms with van der Waals surface area (Å²) >= 11 is 11.1. The Balaban J connectivity index is 1.72. The van der Waals surface area contributed by atoms with Crippen LogP contribution in [0.25, 0.3) is 17.4 Å².